The van der Waals surface area contributed by atoms with Crippen molar-refractivity contribution in [1.82, 2.24) is 14.8 Å². The van der Waals surface area contributed by atoms with Crippen molar-refractivity contribution in [2.24, 2.45) is 0 Å². The molecule has 2 saturated heterocycles. The molecule has 1 atom stereocenters. The summed E-state index contributed by atoms with van der Waals surface area (Å²) in [4.78, 5) is 20.9. The molecule has 1 unspecified atom stereocenters. The Morgan fingerprint density at radius 3 is 2.80 bits per heavy atom. The number of carbonyl (C=O) groups excluding carboxylic acids is 1. The topological polar surface area (TPSA) is 62.5 Å². The summed E-state index contributed by atoms with van der Waals surface area (Å²) in [5.41, 5.74) is 6.90. The van der Waals surface area contributed by atoms with E-state index in [-0.39, 0.29) is 5.91 Å². The molecule has 5 heteroatoms. The van der Waals surface area contributed by atoms with Crippen molar-refractivity contribution in [1.29, 1.82) is 0 Å². The maximum Gasteiger partial charge on any atom is 0.256 e. The third-order valence-corrected chi connectivity index (χ3v) is 4.44. The lowest BCUT2D eigenvalue weighted by Gasteiger charge is -2.32. The molecule has 0 aliphatic carbocycles. The average Bonchev–Trinajstić information content (AvgIpc) is 2.98. The molecule has 20 heavy (non-hydrogen) atoms. The van der Waals surface area contributed by atoms with Crippen LogP contribution in [0.2, 0.25) is 0 Å². The van der Waals surface area contributed by atoms with E-state index in [9.17, 15) is 4.79 Å². The number of hydrogen-bond donors (Lipinski definition) is 1. The molecular weight excluding hydrogens is 252 g/mol. The summed E-state index contributed by atoms with van der Waals surface area (Å²) in [5, 5.41) is 0. The van der Waals surface area contributed by atoms with E-state index in [1.807, 2.05) is 4.90 Å². The predicted molar refractivity (Wildman–Crippen MR) is 78.4 cm³/mol. The van der Waals surface area contributed by atoms with Gasteiger partial charge in [-0.15, -0.1) is 0 Å². The number of nitrogens with zero attached hydrogens (tertiary/aromatic N) is 3. The maximum absolute atomic E-state index is 12.5. The number of nitrogens with two attached hydrogens (primary N) is 1. The molecule has 2 fully saturated rings. The zero-order chi connectivity index (χ0) is 13.9. The molecule has 108 valence electrons. The van der Waals surface area contributed by atoms with Gasteiger partial charge in [0, 0.05) is 25.3 Å². The van der Waals surface area contributed by atoms with E-state index < -0.39 is 0 Å². The highest BCUT2D eigenvalue weighted by molar-refractivity contribution is 5.99. The van der Waals surface area contributed by atoms with Crippen LogP contribution in [0.5, 0.6) is 0 Å². The van der Waals surface area contributed by atoms with E-state index in [1.54, 1.807) is 18.5 Å². The lowest BCUT2D eigenvalue weighted by molar-refractivity contribution is 0.0772. The Balaban J connectivity index is 1.65. The van der Waals surface area contributed by atoms with Crippen molar-refractivity contribution in [3.05, 3.63) is 24.0 Å². The van der Waals surface area contributed by atoms with Crippen LogP contribution in [0.4, 0.5) is 5.69 Å². The molecule has 3 rings (SSSR count). The molecule has 0 aromatic carbocycles. The van der Waals surface area contributed by atoms with E-state index in [1.165, 1.54) is 32.4 Å². The van der Waals surface area contributed by atoms with Crippen molar-refractivity contribution in [2.75, 3.05) is 31.9 Å². The van der Waals surface area contributed by atoms with Gasteiger partial charge in [0.1, 0.15) is 0 Å². The van der Waals surface area contributed by atoms with Crippen molar-refractivity contribution in [3.8, 4) is 0 Å². The molecule has 0 saturated carbocycles. The van der Waals surface area contributed by atoms with Crippen LogP contribution in [0, 0.1) is 0 Å². The van der Waals surface area contributed by atoms with E-state index in [0.717, 1.165) is 19.5 Å². The fourth-order valence-electron chi connectivity index (χ4n) is 3.28. The highest BCUT2D eigenvalue weighted by Gasteiger charge is 2.31. The summed E-state index contributed by atoms with van der Waals surface area (Å²) in [6, 6.07) is 2.24. The van der Waals surface area contributed by atoms with Crippen molar-refractivity contribution >= 4 is 11.6 Å². The Morgan fingerprint density at radius 1 is 1.25 bits per heavy atom. The van der Waals surface area contributed by atoms with Gasteiger partial charge in [-0.05, 0) is 38.4 Å². The number of aromatic nitrogens is 1. The van der Waals surface area contributed by atoms with E-state index in [0.29, 0.717) is 17.3 Å². The second-order valence-electron chi connectivity index (χ2n) is 5.75. The fourth-order valence-corrected chi connectivity index (χ4v) is 3.28. The first-order chi connectivity index (χ1) is 9.75. The Morgan fingerprint density at radius 2 is 2.05 bits per heavy atom. The maximum atomic E-state index is 12.5. The van der Waals surface area contributed by atoms with Gasteiger partial charge in [-0.2, -0.15) is 0 Å². The predicted octanol–water partition coefficient (Wildman–Crippen LogP) is 1.36. The Kier molecular flexibility index (Phi) is 3.87. The van der Waals surface area contributed by atoms with Gasteiger partial charge in [-0.25, -0.2) is 0 Å². The van der Waals surface area contributed by atoms with Gasteiger partial charge >= 0.3 is 0 Å². The molecular formula is C15H22N4O. The summed E-state index contributed by atoms with van der Waals surface area (Å²) in [7, 11) is 0. The fraction of sp³-hybridized carbons (Fsp3) is 0.600. The summed E-state index contributed by atoms with van der Waals surface area (Å²) in [6.07, 6.45) is 8.19. The minimum Gasteiger partial charge on any atom is -0.397 e. The minimum atomic E-state index is 0.0457. The largest absolute Gasteiger partial charge is 0.397 e. The first kappa shape index (κ1) is 13.4. The summed E-state index contributed by atoms with van der Waals surface area (Å²) < 4.78 is 0. The van der Waals surface area contributed by atoms with Crippen molar-refractivity contribution in [3.63, 3.8) is 0 Å². The lowest BCUT2D eigenvalue weighted by Crippen LogP contribution is -2.41. The summed E-state index contributed by atoms with van der Waals surface area (Å²) >= 11 is 0. The van der Waals surface area contributed by atoms with E-state index in [4.69, 9.17) is 5.73 Å². The molecule has 0 radical (unpaired) electrons. The zero-order valence-corrected chi connectivity index (χ0v) is 11.8. The first-order valence-electron chi connectivity index (χ1n) is 7.48. The second-order valence-corrected chi connectivity index (χ2v) is 5.75. The molecule has 0 bridgehead atoms. The number of nitrogen functional groups attached to an aromatic ring is 1. The van der Waals surface area contributed by atoms with Crippen LogP contribution in [-0.2, 0) is 0 Å². The summed E-state index contributed by atoms with van der Waals surface area (Å²) in [6.45, 7) is 4.04. The van der Waals surface area contributed by atoms with Crippen molar-refractivity contribution < 1.29 is 4.79 Å². The van der Waals surface area contributed by atoms with Gasteiger partial charge in [0.05, 0.1) is 17.4 Å². The van der Waals surface area contributed by atoms with Crippen LogP contribution in [-0.4, -0.2) is 52.9 Å². The minimum absolute atomic E-state index is 0.0457. The Hall–Kier alpha value is -1.62. The molecule has 2 aliphatic heterocycles. The van der Waals surface area contributed by atoms with Crippen LogP contribution < -0.4 is 5.73 Å². The van der Waals surface area contributed by atoms with E-state index >= 15 is 0 Å². The molecule has 3 heterocycles. The normalized spacial score (nSPS) is 24.0. The zero-order valence-electron chi connectivity index (χ0n) is 11.8. The Bertz CT molecular complexity index is 485. The molecule has 2 N–H and O–H groups in total. The SMILES string of the molecule is Nc1cnccc1C(=O)N1CCC(N2CCCCC2)C1. The molecule has 1 aromatic rings. The number of anilines is 1. The van der Waals surface area contributed by atoms with Crippen molar-refractivity contribution in [2.45, 2.75) is 31.7 Å². The Labute approximate surface area is 119 Å². The van der Waals surface area contributed by atoms with Gasteiger partial charge in [-0.3, -0.25) is 14.7 Å². The van der Waals surface area contributed by atoms with E-state index in [2.05, 4.69) is 9.88 Å². The number of carbonyl (C=O) groups is 1. The van der Waals surface area contributed by atoms with Crippen LogP contribution in [0.1, 0.15) is 36.0 Å². The quantitative estimate of drug-likeness (QED) is 0.884. The third kappa shape index (κ3) is 2.63. The van der Waals surface area contributed by atoms with Gasteiger partial charge < -0.3 is 10.6 Å². The smallest absolute Gasteiger partial charge is 0.256 e. The second kappa shape index (κ2) is 5.79. The number of rotatable bonds is 2. The highest BCUT2D eigenvalue weighted by atomic mass is 16.2. The monoisotopic (exact) mass is 274 g/mol. The molecule has 5 nitrogen and oxygen atoms in total. The molecule has 1 amide bonds. The number of pyridine rings is 1. The van der Waals surface area contributed by atoms with Gasteiger partial charge in [-0.1, -0.05) is 6.42 Å². The number of amides is 1. The average molecular weight is 274 g/mol. The van der Waals surface area contributed by atoms with Gasteiger partial charge in [0.25, 0.3) is 5.91 Å². The third-order valence-electron chi connectivity index (χ3n) is 4.44. The van der Waals surface area contributed by atoms with Crippen LogP contribution in [0.25, 0.3) is 0 Å². The van der Waals surface area contributed by atoms with Gasteiger partial charge in [0.15, 0.2) is 0 Å². The van der Waals surface area contributed by atoms with Crippen LogP contribution >= 0.6 is 0 Å². The lowest BCUT2D eigenvalue weighted by atomic mass is 10.1. The number of hydrogen-bond acceptors (Lipinski definition) is 4. The van der Waals surface area contributed by atoms with Gasteiger partial charge in [0.2, 0.25) is 0 Å². The summed E-state index contributed by atoms with van der Waals surface area (Å²) in [5.74, 6) is 0.0457. The molecule has 2 aliphatic rings. The number of likely N-dealkylation sites (tertiary alicyclic amines) is 2. The van der Waals surface area contributed by atoms with Crippen LogP contribution in [0.15, 0.2) is 18.5 Å². The van der Waals surface area contributed by atoms with Crippen LogP contribution in [0.3, 0.4) is 0 Å². The number of piperidine rings is 1. The molecule has 0 spiro atoms. The standard InChI is InChI=1S/C15H22N4O/c16-14-10-17-6-4-13(14)15(20)19-9-5-12(11-19)18-7-2-1-3-8-18/h4,6,10,12H,1-3,5,7-9,11,16H2. The molecule has 1 aromatic heterocycles. The highest BCUT2D eigenvalue weighted by Crippen LogP contribution is 2.22. The first-order valence-corrected chi connectivity index (χ1v) is 7.48.